The van der Waals surface area contributed by atoms with Gasteiger partial charge < -0.3 is 10.1 Å². The van der Waals surface area contributed by atoms with Crippen LogP contribution in [0.3, 0.4) is 0 Å². The number of hydrogen-bond acceptors (Lipinski definition) is 2. The third-order valence-electron chi connectivity index (χ3n) is 4.71. The minimum Gasteiger partial charge on any atom is -0.494 e. The second-order valence-corrected chi connectivity index (χ2v) is 6.35. The van der Waals surface area contributed by atoms with E-state index >= 15 is 0 Å². The lowest BCUT2D eigenvalue weighted by molar-refractivity contribution is 0.285. The zero-order chi connectivity index (χ0) is 14.9. The molecule has 1 fully saturated rings. The van der Waals surface area contributed by atoms with E-state index in [9.17, 15) is 0 Å². The molecule has 21 heavy (non-hydrogen) atoms. The fraction of sp³-hybridized carbons (Fsp3) is 0.684. The number of benzene rings is 1. The molecule has 1 aromatic carbocycles. The molecule has 1 saturated carbocycles. The minimum atomic E-state index is 0.716. The van der Waals surface area contributed by atoms with Gasteiger partial charge in [0, 0.05) is 12.6 Å². The molecule has 1 aromatic rings. The van der Waals surface area contributed by atoms with Crippen molar-refractivity contribution in [3.05, 3.63) is 29.8 Å². The molecular weight excluding hydrogens is 258 g/mol. The summed E-state index contributed by atoms with van der Waals surface area (Å²) in [5.41, 5.74) is 1.36. The minimum absolute atomic E-state index is 0.716. The van der Waals surface area contributed by atoms with Gasteiger partial charge in [-0.1, -0.05) is 38.8 Å². The summed E-state index contributed by atoms with van der Waals surface area (Å²) in [5, 5.41) is 3.71. The van der Waals surface area contributed by atoms with Crippen LogP contribution in [0, 0.1) is 5.92 Å². The van der Waals surface area contributed by atoms with E-state index in [1.54, 1.807) is 0 Å². The Labute approximate surface area is 130 Å². The molecule has 0 saturated heterocycles. The fourth-order valence-corrected chi connectivity index (χ4v) is 3.07. The zero-order valence-electron chi connectivity index (χ0n) is 13.7. The van der Waals surface area contributed by atoms with Gasteiger partial charge in [0.15, 0.2) is 0 Å². The van der Waals surface area contributed by atoms with E-state index in [4.69, 9.17) is 4.74 Å². The molecule has 0 aromatic heterocycles. The van der Waals surface area contributed by atoms with Crippen LogP contribution in [0.15, 0.2) is 24.3 Å². The Kier molecular flexibility index (Phi) is 7.08. The molecule has 2 nitrogen and oxygen atoms in total. The lowest BCUT2D eigenvalue weighted by Gasteiger charge is -2.28. The summed E-state index contributed by atoms with van der Waals surface area (Å²) in [6.07, 6.45) is 9.16. The molecule has 118 valence electrons. The van der Waals surface area contributed by atoms with Crippen molar-refractivity contribution in [3.63, 3.8) is 0 Å². The Morgan fingerprint density at radius 3 is 2.38 bits per heavy atom. The van der Waals surface area contributed by atoms with Gasteiger partial charge in [-0.3, -0.25) is 0 Å². The van der Waals surface area contributed by atoms with Gasteiger partial charge in [0.25, 0.3) is 0 Å². The molecule has 0 spiro atoms. The van der Waals surface area contributed by atoms with Crippen molar-refractivity contribution < 1.29 is 4.74 Å². The Bertz CT molecular complexity index is 379. The first-order valence-corrected chi connectivity index (χ1v) is 8.77. The second kappa shape index (κ2) is 9.09. The normalized spacial score (nSPS) is 22.2. The van der Waals surface area contributed by atoms with E-state index in [0.717, 1.165) is 31.2 Å². The van der Waals surface area contributed by atoms with Crippen molar-refractivity contribution in [1.29, 1.82) is 0 Å². The quantitative estimate of drug-likeness (QED) is 0.686. The standard InChI is InChI=1S/C19H31NO/c1-3-5-14-21-19-12-8-17(9-13-19)15-20-18-10-6-16(4-2)7-11-18/h8-9,12-13,16,18,20H,3-7,10-11,14-15H2,1-2H3. The average molecular weight is 289 g/mol. The van der Waals surface area contributed by atoms with Gasteiger partial charge in [-0.25, -0.2) is 0 Å². The molecule has 0 amide bonds. The predicted octanol–water partition coefficient (Wildman–Crippen LogP) is 4.92. The molecule has 0 bridgehead atoms. The van der Waals surface area contributed by atoms with Crippen molar-refractivity contribution >= 4 is 0 Å². The van der Waals surface area contributed by atoms with E-state index in [0.29, 0.717) is 6.04 Å². The van der Waals surface area contributed by atoms with Crippen molar-refractivity contribution in [2.24, 2.45) is 5.92 Å². The summed E-state index contributed by atoms with van der Waals surface area (Å²) in [6.45, 7) is 6.32. The van der Waals surface area contributed by atoms with Crippen LogP contribution in [-0.2, 0) is 6.54 Å². The van der Waals surface area contributed by atoms with E-state index in [1.165, 1.54) is 44.1 Å². The first-order valence-electron chi connectivity index (χ1n) is 8.77. The maximum atomic E-state index is 5.70. The van der Waals surface area contributed by atoms with Gasteiger partial charge in [-0.2, -0.15) is 0 Å². The maximum Gasteiger partial charge on any atom is 0.119 e. The topological polar surface area (TPSA) is 21.3 Å². The SMILES string of the molecule is CCCCOc1ccc(CNC2CCC(CC)CC2)cc1. The van der Waals surface area contributed by atoms with Crippen LogP contribution in [0.25, 0.3) is 0 Å². The molecule has 0 radical (unpaired) electrons. The van der Waals surface area contributed by atoms with Crippen LogP contribution in [0.1, 0.15) is 64.4 Å². The van der Waals surface area contributed by atoms with Crippen molar-refractivity contribution in [1.82, 2.24) is 5.32 Å². The Hall–Kier alpha value is -1.02. The molecule has 2 heteroatoms. The highest BCUT2D eigenvalue weighted by molar-refractivity contribution is 5.27. The van der Waals surface area contributed by atoms with E-state index in [1.807, 2.05) is 0 Å². The van der Waals surface area contributed by atoms with Crippen LogP contribution in [-0.4, -0.2) is 12.6 Å². The molecule has 0 unspecified atom stereocenters. The predicted molar refractivity (Wildman–Crippen MR) is 89.7 cm³/mol. The molecule has 2 rings (SSSR count). The number of hydrogen-bond donors (Lipinski definition) is 1. The van der Waals surface area contributed by atoms with Crippen LogP contribution in [0.4, 0.5) is 0 Å². The first-order chi connectivity index (χ1) is 10.3. The summed E-state index contributed by atoms with van der Waals surface area (Å²) in [7, 11) is 0. The van der Waals surface area contributed by atoms with Crippen LogP contribution in [0.2, 0.25) is 0 Å². The average Bonchev–Trinajstić information content (AvgIpc) is 2.55. The first kappa shape index (κ1) is 16.4. The smallest absolute Gasteiger partial charge is 0.119 e. The van der Waals surface area contributed by atoms with Crippen molar-refractivity contribution in [3.8, 4) is 5.75 Å². The van der Waals surface area contributed by atoms with E-state index < -0.39 is 0 Å². The molecule has 0 aliphatic heterocycles. The van der Waals surface area contributed by atoms with Gasteiger partial charge in [0.2, 0.25) is 0 Å². The largest absolute Gasteiger partial charge is 0.494 e. The summed E-state index contributed by atoms with van der Waals surface area (Å²) in [4.78, 5) is 0. The highest BCUT2D eigenvalue weighted by Crippen LogP contribution is 2.26. The van der Waals surface area contributed by atoms with Crippen LogP contribution >= 0.6 is 0 Å². The lowest BCUT2D eigenvalue weighted by Crippen LogP contribution is -2.32. The number of nitrogens with one attached hydrogen (secondary N) is 1. The highest BCUT2D eigenvalue weighted by Gasteiger charge is 2.19. The third-order valence-corrected chi connectivity index (χ3v) is 4.71. The van der Waals surface area contributed by atoms with Gasteiger partial charge >= 0.3 is 0 Å². The van der Waals surface area contributed by atoms with E-state index in [2.05, 4.69) is 43.4 Å². The molecule has 1 N–H and O–H groups in total. The highest BCUT2D eigenvalue weighted by atomic mass is 16.5. The summed E-state index contributed by atoms with van der Waals surface area (Å²) >= 11 is 0. The Morgan fingerprint density at radius 2 is 1.76 bits per heavy atom. The summed E-state index contributed by atoms with van der Waals surface area (Å²) in [5.74, 6) is 1.97. The number of ether oxygens (including phenoxy) is 1. The molecule has 1 aliphatic carbocycles. The Balaban J connectivity index is 1.69. The molecule has 1 aliphatic rings. The number of rotatable bonds is 8. The van der Waals surface area contributed by atoms with Gasteiger partial charge in [-0.05, 0) is 55.7 Å². The third kappa shape index (κ3) is 5.70. The number of unbranched alkanes of at least 4 members (excludes halogenated alkanes) is 1. The Morgan fingerprint density at radius 1 is 1.05 bits per heavy atom. The summed E-state index contributed by atoms with van der Waals surface area (Å²) in [6, 6.07) is 9.28. The van der Waals surface area contributed by atoms with Gasteiger partial charge in [0.1, 0.15) is 5.75 Å². The van der Waals surface area contributed by atoms with Crippen molar-refractivity contribution in [2.75, 3.05) is 6.61 Å². The molecule has 0 atom stereocenters. The lowest BCUT2D eigenvalue weighted by atomic mass is 9.84. The van der Waals surface area contributed by atoms with Gasteiger partial charge in [-0.15, -0.1) is 0 Å². The summed E-state index contributed by atoms with van der Waals surface area (Å²) < 4.78 is 5.70. The monoisotopic (exact) mass is 289 g/mol. The maximum absolute atomic E-state index is 5.70. The van der Waals surface area contributed by atoms with Crippen LogP contribution in [0.5, 0.6) is 5.75 Å². The van der Waals surface area contributed by atoms with Crippen LogP contribution < -0.4 is 10.1 Å². The van der Waals surface area contributed by atoms with Crippen molar-refractivity contribution in [2.45, 2.75) is 71.4 Å². The fourth-order valence-electron chi connectivity index (χ4n) is 3.07. The molecular formula is C19H31NO. The van der Waals surface area contributed by atoms with Gasteiger partial charge in [0.05, 0.1) is 6.61 Å². The second-order valence-electron chi connectivity index (χ2n) is 6.35. The van der Waals surface area contributed by atoms with E-state index in [-0.39, 0.29) is 0 Å². The zero-order valence-corrected chi connectivity index (χ0v) is 13.7. The molecule has 0 heterocycles.